The molecule has 0 radical (unpaired) electrons. The maximum absolute atomic E-state index is 12.3. The monoisotopic (exact) mass is 295 g/mol. The van der Waals surface area contributed by atoms with Gasteiger partial charge in [-0.25, -0.2) is 4.98 Å². The Morgan fingerprint density at radius 3 is 3.00 bits per heavy atom. The van der Waals surface area contributed by atoms with Crippen molar-refractivity contribution in [2.24, 2.45) is 0 Å². The van der Waals surface area contributed by atoms with E-state index in [1.807, 2.05) is 0 Å². The van der Waals surface area contributed by atoms with Gasteiger partial charge in [0.2, 0.25) is 0 Å². The summed E-state index contributed by atoms with van der Waals surface area (Å²) in [4.78, 5) is 15.1. The minimum absolute atomic E-state index is 0.0283. The van der Waals surface area contributed by atoms with Gasteiger partial charge in [0.15, 0.2) is 5.69 Å². The number of carbonyl (C=O) groups is 1. The number of halogens is 3. The summed E-state index contributed by atoms with van der Waals surface area (Å²) in [7, 11) is 0. The molecule has 1 aliphatic rings. The molecule has 1 atom stereocenters. The number of nitrogens with one attached hydrogen (secondary N) is 2. The third kappa shape index (κ3) is 3.88. The molecule has 2 rings (SSSR count). The van der Waals surface area contributed by atoms with Gasteiger partial charge in [0.25, 0.3) is 5.91 Å². The lowest BCUT2D eigenvalue weighted by Crippen LogP contribution is -2.47. The smallest absolute Gasteiger partial charge is 0.366 e. The lowest BCUT2D eigenvalue weighted by atomic mass is 10.3. The SMILES string of the molecule is O=C(NCc1nc(C(F)(F)F)cs1)C1CNCCO1. The van der Waals surface area contributed by atoms with E-state index < -0.39 is 18.0 Å². The first-order valence-corrected chi connectivity index (χ1v) is 6.46. The second-order valence-electron chi connectivity index (χ2n) is 3.91. The van der Waals surface area contributed by atoms with Gasteiger partial charge >= 0.3 is 6.18 Å². The van der Waals surface area contributed by atoms with E-state index in [2.05, 4.69) is 15.6 Å². The second-order valence-corrected chi connectivity index (χ2v) is 4.85. The van der Waals surface area contributed by atoms with Gasteiger partial charge in [-0.1, -0.05) is 0 Å². The van der Waals surface area contributed by atoms with Crippen LogP contribution < -0.4 is 10.6 Å². The Labute approximate surface area is 111 Å². The average molecular weight is 295 g/mol. The number of nitrogens with zero attached hydrogens (tertiary/aromatic N) is 1. The topological polar surface area (TPSA) is 63.2 Å². The molecular weight excluding hydrogens is 283 g/mol. The number of hydrogen-bond acceptors (Lipinski definition) is 5. The fourth-order valence-electron chi connectivity index (χ4n) is 1.53. The number of rotatable bonds is 3. The molecule has 19 heavy (non-hydrogen) atoms. The Kier molecular flexibility index (Phi) is 4.38. The molecule has 1 unspecified atom stereocenters. The number of hydrogen-bond donors (Lipinski definition) is 2. The molecule has 2 heterocycles. The van der Waals surface area contributed by atoms with E-state index in [1.54, 1.807) is 0 Å². The first-order valence-electron chi connectivity index (χ1n) is 5.58. The van der Waals surface area contributed by atoms with Crippen LogP contribution in [-0.4, -0.2) is 36.7 Å². The maximum atomic E-state index is 12.3. The van der Waals surface area contributed by atoms with Crippen LogP contribution in [0.15, 0.2) is 5.38 Å². The standard InChI is InChI=1S/C10H12F3N3O2S/c11-10(12,13)7-5-19-8(16-7)4-15-9(17)6-3-14-1-2-18-6/h5-6,14H,1-4H2,(H,15,17). The highest BCUT2D eigenvalue weighted by molar-refractivity contribution is 7.09. The van der Waals surface area contributed by atoms with Crippen LogP contribution in [0, 0.1) is 0 Å². The molecule has 5 nitrogen and oxygen atoms in total. The van der Waals surface area contributed by atoms with Crippen LogP contribution >= 0.6 is 11.3 Å². The van der Waals surface area contributed by atoms with Crippen molar-refractivity contribution in [1.82, 2.24) is 15.6 Å². The Balaban J connectivity index is 1.85. The van der Waals surface area contributed by atoms with Crippen molar-refractivity contribution >= 4 is 17.2 Å². The Bertz CT molecular complexity index is 443. The number of aromatic nitrogens is 1. The molecular formula is C10H12F3N3O2S. The lowest BCUT2D eigenvalue weighted by Gasteiger charge is -2.22. The van der Waals surface area contributed by atoms with E-state index >= 15 is 0 Å². The van der Waals surface area contributed by atoms with E-state index in [0.29, 0.717) is 19.7 Å². The molecule has 1 amide bonds. The maximum Gasteiger partial charge on any atom is 0.434 e. The quantitative estimate of drug-likeness (QED) is 0.864. The zero-order valence-corrected chi connectivity index (χ0v) is 10.6. The summed E-state index contributed by atoms with van der Waals surface area (Å²) < 4.78 is 42.2. The van der Waals surface area contributed by atoms with Crippen LogP contribution in [0.2, 0.25) is 0 Å². The molecule has 0 bridgehead atoms. The van der Waals surface area contributed by atoms with Crippen LogP contribution in [0.5, 0.6) is 0 Å². The summed E-state index contributed by atoms with van der Waals surface area (Å²) in [5, 5.41) is 6.64. The predicted octanol–water partition coefficient (Wildman–Crippen LogP) is 0.766. The van der Waals surface area contributed by atoms with Crippen molar-refractivity contribution in [2.75, 3.05) is 19.7 Å². The molecule has 1 aliphatic heterocycles. The number of ether oxygens (including phenoxy) is 1. The second kappa shape index (κ2) is 5.85. The normalized spacial score (nSPS) is 20.3. The number of thiazole rings is 1. The molecule has 106 valence electrons. The zero-order chi connectivity index (χ0) is 13.9. The van der Waals surface area contributed by atoms with Gasteiger partial charge < -0.3 is 15.4 Å². The van der Waals surface area contributed by atoms with Crippen LogP contribution in [0.1, 0.15) is 10.7 Å². The number of carbonyl (C=O) groups excluding carboxylic acids is 1. The molecule has 1 fully saturated rings. The highest BCUT2D eigenvalue weighted by Crippen LogP contribution is 2.29. The Morgan fingerprint density at radius 2 is 2.42 bits per heavy atom. The summed E-state index contributed by atoms with van der Waals surface area (Å²) in [5.74, 6) is -0.351. The van der Waals surface area contributed by atoms with Crippen molar-refractivity contribution < 1.29 is 22.7 Å². The molecule has 0 saturated carbocycles. The van der Waals surface area contributed by atoms with E-state index in [1.165, 1.54) is 0 Å². The van der Waals surface area contributed by atoms with Gasteiger partial charge in [0.1, 0.15) is 11.1 Å². The first-order chi connectivity index (χ1) is 8.97. The van der Waals surface area contributed by atoms with Gasteiger partial charge in [0.05, 0.1) is 13.2 Å². The molecule has 0 aliphatic carbocycles. The summed E-state index contributed by atoms with van der Waals surface area (Å²) in [6.45, 7) is 1.50. The van der Waals surface area contributed by atoms with E-state index in [4.69, 9.17) is 4.74 Å². The van der Waals surface area contributed by atoms with Crippen molar-refractivity contribution in [3.05, 3.63) is 16.1 Å². The van der Waals surface area contributed by atoms with Gasteiger partial charge in [-0.2, -0.15) is 13.2 Å². The van der Waals surface area contributed by atoms with Gasteiger partial charge in [-0.15, -0.1) is 11.3 Å². The summed E-state index contributed by atoms with van der Waals surface area (Å²) >= 11 is 0.863. The minimum Gasteiger partial charge on any atom is -0.366 e. The minimum atomic E-state index is -4.45. The highest BCUT2D eigenvalue weighted by atomic mass is 32.1. The van der Waals surface area contributed by atoms with Crippen LogP contribution in [0.3, 0.4) is 0 Å². The molecule has 9 heteroatoms. The summed E-state index contributed by atoms with van der Waals surface area (Å²) in [6.07, 6.45) is -5.05. The number of morpholine rings is 1. The number of alkyl halides is 3. The van der Waals surface area contributed by atoms with Crippen molar-refractivity contribution in [3.63, 3.8) is 0 Å². The van der Waals surface area contributed by atoms with E-state index in [0.717, 1.165) is 16.7 Å². The molecule has 2 N–H and O–H groups in total. The average Bonchev–Trinajstić information content (AvgIpc) is 2.86. The van der Waals surface area contributed by atoms with Crippen LogP contribution in [-0.2, 0) is 22.3 Å². The molecule has 0 spiro atoms. The van der Waals surface area contributed by atoms with Gasteiger partial charge in [-0.05, 0) is 0 Å². The molecule has 1 aromatic rings. The van der Waals surface area contributed by atoms with E-state index in [9.17, 15) is 18.0 Å². The largest absolute Gasteiger partial charge is 0.434 e. The van der Waals surface area contributed by atoms with Crippen LogP contribution in [0.25, 0.3) is 0 Å². The molecule has 1 aromatic heterocycles. The van der Waals surface area contributed by atoms with Crippen LogP contribution in [0.4, 0.5) is 13.2 Å². The highest BCUT2D eigenvalue weighted by Gasteiger charge is 2.33. The molecule has 1 saturated heterocycles. The third-order valence-electron chi connectivity index (χ3n) is 2.48. The Hall–Kier alpha value is -1.19. The lowest BCUT2D eigenvalue weighted by molar-refractivity contribution is -0.140. The fourth-order valence-corrected chi connectivity index (χ4v) is 2.27. The Morgan fingerprint density at radius 1 is 1.63 bits per heavy atom. The van der Waals surface area contributed by atoms with Crippen molar-refractivity contribution in [1.29, 1.82) is 0 Å². The predicted molar refractivity (Wildman–Crippen MR) is 61.6 cm³/mol. The number of amides is 1. The van der Waals surface area contributed by atoms with Crippen molar-refractivity contribution in [3.8, 4) is 0 Å². The summed E-state index contributed by atoms with van der Waals surface area (Å²) in [5.41, 5.74) is -0.933. The van der Waals surface area contributed by atoms with E-state index in [-0.39, 0.29) is 17.5 Å². The van der Waals surface area contributed by atoms with Gasteiger partial charge in [-0.3, -0.25) is 4.79 Å². The van der Waals surface area contributed by atoms with Gasteiger partial charge in [0, 0.05) is 18.5 Å². The third-order valence-corrected chi connectivity index (χ3v) is 3.32. The van der Waals surface area contributed by atoms with Crippen molar-refractivity contribution in [2.45, 2.75) is 18.8 Å². The molecule has 0 aromatic carbocycles. The fraction of sp³-hybridized carbons (Fsp3) is 0.600. The zero-order valence-electron chi connectivity index (χ0n) is 9.79. The summed E-state index contributed by atoms with van der Waals surface area (Å²) in [6, 6.07) is 0. The first kappa shape index (κ1) is 14.2.